The van der Waals surface area contributed by atoms with Crippen molar-refractivity contribution in [2.24, 2.45) is 5.73 Å². The van der Waals surface area contributed by atoms with Crippen LogP contribution in [0.25, 0.3) is 0 Å². The summed E-state index contributed by atoms with van der Waals surface area (Å²) in [6.07, 6.45) is 4.62. The molecule has 0 aliphatic heterocycles. The fourth-order valence-corrected chi connectivity index (χ4v) is 1.02. The molecule has 0 saturated heterocycles. The zero-order valence-electron chi connectivity index (χ0n) is 6.79. The lowest BCUT2D eigenvalue weighted by atomic mass is 10.1. The van der Waals surface area contributed by atoms with Crippen molar-refractivity contribution in [3.05, 3.63) is 42.3 Å². The van der Waals surface area contributed by atoms with Crippen LogP contribution in [-0.4, -0.2) is 15.1 Å². The summed E-state index contributed by atoms with van der Waals surface area (Å²) in [5, 5.41) is 3.65. The highest BCUT2D eigenvalue weighted by molar-refractivity contribution is 5.19. The average Bonchev–Trinajstić information content (AvgIpc) is 2.71. The summed E-state index contributed by atoms with van der Waals surface area (Å²) in [6.45, 7) is 0. The normalized spacial score (nSPS) is 12.7. The van der Waals surface area contributed by atoms with E-state index in [0.29, 0.717) is 5.82 Å². The van der Waals surface area contributed by atoms with E-state index in [4.69, 9.17) is 5.73 Å². The maximum absolute atomic E-state index is 5.84. The first-order valence-corrected chi connectivity index (χ1v) is 3.79. The molecule has 0 aliphatic rings. The summed E-state index contributed by atoms with van der Waals surface area (Å²) in [5.74, 6) is 0.466. The van der Waals surface area contributed by atoms with Crippen molar-refractivity contribution in [1.29, 1.82) is 0 Å². The first-order chi connectivity index (χ1) is 6.38. The van der Waals surface area contributed by atoms with E-state index in [1.807, 2.05) is 12.1 Å². The van der Waals surface area contributed by atoms with E-state index in [9.17, 15) is 0 Å². The Labute approximate surface area is 74.6 Å². The van der Waals surface area contributed by atoms with Gasteiger partial charge in [-0.25, -0.2) is 0 Å². The van der Waals surface area contributed by atoms with Crippen molar-refractivity contribution in [2.75, 3.05) is 0 Å². The Morgan fingerprint density at radius 2 is 2.38 bits per heavy atom. The zero-order chi connectivity index (χ0) is 9.10. The molecule has 0 aromatic carbocycles. The molecule has 2 aromatic rings. The van der Waals surface area contributed by atoms with E-state index in [1.165, 1.54) is 6.39 Å². The highest BCUT2D eigenvalue weighted by Crippen LogP contribution is 2.13. The second-order valence-corrected chi connectivity index (χ2v) is 2.55. The molecule has 0 radical (unpaired) electrons. The minimum atomic E-state index is -0.368. The standard InChI is InChI=1S/C8H8N4O/c9-7(8-11-5-13-12-8)6-2-1-3-10-4-6/h1-5,7H,9H2. The fourth-order valence-electron chi connectivity index (χ4n) is 1.02. The molecule has 5 heteroatoms. The quantitative estimate of drug-likeness (QED) is 0.721. The summed E-state index contributed by atoms with van der Waals surface area (Å²) in [7, 11) is 0. The Bertz CT molecular complexity index is 359. The Balaban J connectivity index is 2.29. The molecule has 2 N–H and O–H groups in total. The molecule has 0 spiro atoms. The Morgan fingerprint density at radius 1 is 1.46 bits per heavy atom. The molecule has 5 nitrogen and oxygen atoms in total. The molecule has 2 aromatic heterocycles. The van der Waals surface area contributed by atoms with Crippen molar-refractivity contribution in [3.8, 4) is 0 Å². The van der Waals surface area contributed by atoms with Crippen LogP contribution >= 0.6 is 0 Å². The smallest absolute Gasteiger partial charge is 0.213 e. The third kappa shape index (κ3) is 1.54. The number of nitrogens with two attached hydrogens (primary N) is 1. The van der Waals surface area contributed by atoms with E-state index in [1.54, 1.807) is 12.4 Å². The maximum Gasteiger partial charge on any atom is 0.213 e. The van der Waals surface area contributed by atoms with Crippen molar-refractivity contribution in [1.82, 2.24) is 15.1 Å². The van der Waals surface area contributed by atoms with Gasteiger partial charge in [-0.3, -0.25) is 4.98 Å². The minimum Gasteiger partial charge on any atom is -0.343 e. The third-order valence-corrected chi connectivity index (χ3v) is 1.70. The zero-order valence-corrected chi connectivity index (χ0v) is 6.79. The second kappa shape index (κ2) is 3.32. The van der Waals surface area contributed by atoms with Gasteiger partial charge in [0, 0.05) is 12.4 Å². The summed E-state index contributed by atoms with van der Waals surface area (Å²) >= 11 is 0. The predicted molar refractivity (Wildman–Crippen MR) is 44.6 cm³/mol. The molecule has 0 amide bonds. The van der Waals surface area contributed by atoms with Crippen molar-refractivity contribution < 1.29 is 4.52 Å². The summed E-state index contributed by atoms with van der Waals surface area (Å²) in [5.41, 5.74) is 6.70. The highest BCUT2D eigenvalue weighted by Gasteiger charge is 2.12. The minimum absolute atomic E-state index is 0.368. The van der Waals surface area contributed by atoms with Crippen molar-refractivity contribution in [2.45, 2.75) is 6.04 Å². The van der Waals surface area contributed by atoms with E-state index < -0.39 is 0 Å². The van der Waals surface area contributed by atoms with Gasteiger partial charge >= 0.3 is 0 Å². The van der Waals surface area contributed by atoms with E-state index in [2.05, 4.69) is 19.6 Å². The van der Waals surface area contributed by atoms with E-state index >= 15 is 0 Å². The monoisotopic (exact) mass is 176 g/mol. The SMILES string of the molecule is NC(c1cccnc1)c1ncon1. The van der Waals surface area contributed by atoms with Crippen LogP contribution in [0.15, 0.2) is 35.4 Å². The lowest BCUT2D eigenvalue weighted by Gasteiger charge is -2.04. The van der Waals surface area contributed by atoms with Gasteiger partial charge < -0.3 is 10.3 Å². The molecule has 2 heterocycles. The number of nitrogens with zero attached hydrogens (tertiary/aromatic N) is 3. The Kier molecular flexibility index (Phi) is 2.01. The van der Waals surface area contributed by atoms with Gasteiger partial charge in [0.1, 0.15) is 0 Å². The largest absolute Gasteiger partial charge is 0.343 e. The van der Waals surface area contributed by atoms with Gasteiger partial charge in [-0.2, -0.15) is 4.98 Å². The first kappa shape index (κ1) is 7.88. The fraction of sp³-hybridized carbons (Fsp3) is 0.125. The van der Waals surface area contributed by atoms with Gasteiger partial charge in [0.05, 0.1) is 6.04 Å². The topological polar surface area (TPSA) is 77.8 Å². The summed E-state index contributed by atoms with van der Waals surface area (Å²) < 4.78 is 4.60. The van der Waals surface area contributed by atoms with Crippen LogP contribution in [0.5, 0.6) is 0 Å². The Hall–Kier alpha value is -1.75. The van der Waals surface area contributed by atoms with Crippen LogP contribution in [0.2, 0.25) is 0 Å². The van der Waals surface area contributed by atoms with E-state index in [0.717, 1.165) is 5.56 Å². The summed E-state index contributed by atoms with van der Waals surface area (Å²) in [6, 6.07) is 3.32. The maximum atomic E-state index is 5.84. The molecular formula is C8H8N4O. The van der Waals surface area contributed by atoms with E-state index in [-0.39, 0.29) is 6.04 Å². The molecule has 1 atom stereocenters. The van der Waals surface area contributed by atoms with Gasteiger partial charge in [-0.15, -0.1) is 0 Å². The van der Waals surface area contributed by atoms with Crippen LogP contribution in [0, 0.1) is 0 Å². The number of hydrogen-bond acceptors (Lipinski definition) is 5. The lowest BCUT2D eigenvalue weighted by Crippen LogP contribution is -2.13. The average molecular weight is 176 g/mol. The molecule has 0 bridgehead atoms. The molecule has 13 heavy (non-hydrogen) atoms. The number of rotatable bonds is 2. The van der Waals surface area contributed by atoms with Crippen LogP contribution in [0.3, 0.4) is 0 Å². The van der Waals surface area contributed by atoms with Crippen LogP contribution < -0.4 is 5.73 Å². The lowest BCUT2D eigenvalue weighted by molar-refractivity contribution is 0.407. The summed E-state index contributed by atoms with van der Waals surface area (Å²) in [4.78, 5) is 7.81. The molecule has 0 fully saturated rings. The van der Waals surface area contributed by atoms with Crippen LogP contribution in [0.1, 0.15) is 17.4 Å². The third-order valence-electron chi connectivity index (χ3n) is 1.70. The van der Waals surface area contributed by atoms with Gasteiger partial charge in [0.15, 0.2) is 5.82 Å². The van der Waals surface area contributed by atoms with Crippen molar-refractivity contribution in [3.63, 3.8) is 0 Å². The number of hydrogen-bond donors (Lipinski definition) is 1. The van der Waals surface area contributed by atoms with Gasteiger partial charge in [0.25, 0.3) is 0 Å². The molecule has 0 aliphatic carbocycles. The van der Waals surface area contributed by atoms with Gasteiger partial charge in [0.2, 0.25) is 6.39 Å². The first-order valence-electron chi connectivity index (χ1n) is 3.79. The molecule has 66 valence electrons. The van der Waals surface area contributed by atoms with Gasteiger partial charge in [-0.1, -0.05) is 11.2 Å². The second-order valence-electron chi connectivity index (χ2n) is 2.55. The molecular weight excluding hydrogens is 168 g/mol. The number of aromatic nitrogens is 3. The van der Waals surface area contributed by atoms with Crippen molar-refractivity contribution >= 4 is 0 Å². The van der Waals surface area contributed by atoms with Gasteiger partial charge in [-0.05, 0) is 11.6 Å². The van der Waals surface area contributed by atoms with Crippen LogP contribution in [0.4, 0.5) is 0 Å². The molecule has 1 unspecified atom stereocenters. The number of pyridine rings is 1. The molecule has 2 rings (SSSR count). The Morgan fingerprint density at radius 3 is 3.00 bits per heavy atom. The van der Waals surface area contributed by atoms with Crippen LogP contribution in [-0.2, 0) is 0 Å². The predicted octanol–water partition coefficient (Wildman–Crippen LogP) is 0.513. The highest BCUT2D eigenvalue weighted by atomic mass is 16.5. The molecule has 0 saturated carbocycles.